The Morgan fingerprint density at radius 2 is 2.00 bits per heavy atom. The van der Waals surface area contributed by atoms with E-state index in [1.165, 1.54) is 11.8 Å². The molecule has 0 saturated heterocycles. The van der Waals surface area contributed by atoms with Gasteiger partial charge in [-0.1, -0.05) is 25.6 Å². The number of nitrogens with one attached hydrogen (secondary N) is 1. The Bertz CT molecular complexity index is 112. The van der Waals surface area contributed by atoms with Crippen LogP contribution in [-0.4, -0.2) is 35.5 Å². The van der Waals surface area contributed by atoms with Crippen molar-refractivity contribution in [1.82, 2.24) is 4.90 Å². The van der Waals surface area contributed by atoms with Crippen LogP contribution in [0.1, 0.15) is 13.8 Å². The Labute approximate surface area is 72.8 Å². The molecule has 3 nitrogen and oxygen atoms in total. The second-order valence-electron chi connectivity index (χ2n) is 2.24. The molecule has 0 atom stereocenters. The number of amidine groups is 1. The van der Waals surface area contributed by atoms with E-state index in [9.17, 15) is 0 Å². The zero-order chi connectivity index (χ0) is 8.69. The summed E-state index contributed by atoms with van der Waals surface area (Å²) in [6.07, 6.45) is 0. The summed E-state index contributed by atoms with van der Waals surface area (Å²) in [6, 6.07) is 0. The highest BCUT2D eigenvalue weighted by molar-refractivity contribution is 8.13. The van der Waals surface area contributed by atoms with Gasteiger partial charge in [0, 0.05) is 12.3 Å². The van der Waals surface area contributed by atoms with E-state index in [2.05, 4.69) is 18.7 Å². The summed E-state index contributed by atoms with van der Waals surface area (Å²) in [5.41, 5.74) is 5.19. The van der Waals surface area contributed by atoms with Crippen LogP contribution < -0.4 is 5.73 Å². The molecule has 0 rings (SSSR count). The molecule has 3 N–H and O–H groups in total. The minimum Gasteiger partial charge on any atom is -0.379 e. The molecule has 0 aromatic carbocycles. The highest BCUT2D eigenvalue weighted by atomic mass is 32.2. The van der Waals surface area contributed by atoms with Crippen molar-refractivity contribution >= 4 is 16.9 Å². The van der Waals surface area contributed by atoms with E-state index in [0.717, 1.165) is 25.4 Å². The molecule has 0 bridgehead atoms. The first-order valence-corrected chi connectivity index (χ1v) is 4.88. The van der Waals surface area contributed by atoms with Gasteiger partial charge >= 0.3 is 0 Å². The molecular formula is C7H17N3S. The van der Waals surface area contributed by atoms with Crippen molar-refractivity contribution in [3.05, 3.63) is 0 Å². The first-order chi connectivity index (χ1) is 5.20. The molecule has 0 amide bonds. The van der Waals surface area contributed by atoms with E-state index in [1.54, 1.807) is 0 Å². The lowest BCUT2D eigenvalue weighted by Crippen LogP contribution is -2.26. The number of hydrogen-bond donors (Lipinski definition) is 2. The molecule has 11 heavy (non-hydrogen) atoms. The van der Waals surface area contributed by atoms with E-state index in [0.29, 0.717) is 0 Å². The molecule has 0 aliphatic heterocycles. The number of nitrogens with two attached hydrogens (primary N) is 1. The smallest absolute Gasteiger partial charge is 0.151 e. The van der Waals surface area contributed by atoms with Gasteiger partial charge in [-0.2, -0.15) is 0 Å². The summed E-state index contributed by atoms with van der Waals surface area (Å²) >= 11 is 1.41. The van der Waals surface area contributed by atoms with Crippen LogP contribution in [0.2, 0.25) is 0 Å². The summed E-state index contributed by atoms with van der Waals surface area (Å²) in [4.78, 5) is 2.32. The lowest BCUT2D eigenvalue weighted by Gasteiger charge is -2.16. The molecule has 0 unspecified atom stereocenters. The molecule has 66 valence electrons. The van der Waals surface area contributed by atoms with Crippen molar-refractivity contribution in [1.29, 1.82) is 5.41 Å². The summed E-state index contributed by atoms with van der Waals surface area (Å²) in [5.74, 6) is 0.928. The van der Waals surface area contributed by atoms with Crippen molar-refractivity contribution < 1.29 is 0 Å². The van der Waals surface area contributed by atoms with Crippen LogP contribution in [0.5, 0.6) is 0 Å². The average Bonchev–Trinajstić information content (AvgIpc) is 1.98. The molecule has 0 aromatic rings. The first kappa shape index (κ1) is 10.8. The minimum absolute atomic E-state index is 0.220. The summed E-state index contributed by atoms with van der Waals surface area (Å²) in [7, 11) is 0. The molecule has 0 spiro atoms. The van der Waals surface area contributed by atoms with Gasteiger partial charge in [-0.05, 0) is 13.1 Å². The van der Waals surface area contributed by atoms with Crippen molar-refractivity contribution in [2.75, 3.05) is 25.4 Å². The van der Waals surface area contributed by atoms with Crippen LogP contribution in [-0.2, 0) is 0 Å². The van der Waals surface area contributed by atoms with Gasteiger partial charge in [0.2, 0.25) is 0 Å². The maximum absolute atomic E-state index is 6.97. The average molecular weight is 175 g/mol. The fraction of sp³-hybridized carbons (Fsp3) is 0.857. The van der Waals surface area contributed by atoms with Gasteiger partial charge in [0.15, 0.2) is 5.17 Å². The van der Waals surface area contributed by atoms with E-state index in [1.807, 2.05) is 0 Å². The number of rotatable bonds is 5. The van der Waals surface area contributed by atoms with Gasteiger partial charge in [0.1, 0.15) is 0 Å². The van der Waals surface area contributed by atoms with Crippen molar-refractivity contribution in [2.45, 2.75) is 13.8 Å². The highest BCUT2D eigenvalue weighted by Gasteiger charge is 1.98. The predicted octanol–water partition coefficient (Wildman–Crippen LogP) is 0.955. The molecular weight excluding hydrogens is 158 g/mol. The van der Waals surface area contributed by atoms with Gasteiger partial charge in [-0.25, -0.2) is 0 Å². The lowest BCUT2D eigenvalue weighted by atomic mass is 10.5. The maximum atomic E-state index is 6.97. The molecule has 0 saturated carbocycles. The maximum Gasteiger partial charge on any atom is 0.151 e. The van der Waals surface area contributed by atoms with Gasteiger partial charge in [-0.3, -0.25) is 5.41 Å². The van der Waals surface area contributed by atoms with Crippen molar-refractivity contribution in [3.63, 3.8) is 0 Å². The van der Waals surface area contributed by atoms with Gasteiger partial charge < -0.3 is 10.6 Å². The largest absolute Gasteiger partial charge is 0.379 e. The zero-order valence-electron chi connectivity index (χ0n) is 7.26. The van der Waals surface area contributed by atoms with E-state index >= 15 is 0 Å². The predicted molar refractivity (Wildman–Crippen MR) is 52.2 cm³/mol. The highest BCUT2D eigenvalue weighted by Crippen LogP contribution is 1.98. The second kappa shape index (κ2) is 6.49. The fourth-order valence-corrected chi connectivity index (χ4v) is 1.39. The van der Waals surface area contributed by atoms with Gasteiger partial charge in [0.05, 0.1) is 0 Å². The summed E-state index contributed by atoms with van der Waals surface area (Å²) in [5, 5.41) is 7.19. The van der Waals surface area contributed by atoms with Gasteiger partial charge in [-0.15, -0.1) is 0 Å². The summed E-state index contributed by atoms with van der Waals surface area (Å²) < 4.78 is 0. The Morgan fingerprint density at radius 3 is 2.36 bits per heavy atom. The molecule has 0 aromatic heterocycles. The third-order valence-electron chi connectivity index (χ3n) is 1.56. The third kappa shape index (κ3) is 6.19. The SMILES string of the molecule is CCN(CC)CCSC(=N)N. The molecule has 0 radical (unpaired) electrons. The fourth-order valence-electron chi connectivity index (χ4n) is 0.825. The van der Waals surface area contributed by atoms with Crippen LogP contribution in [0.25, 0.3) is 0 Å². The molecule has 4 heteroatoms. The number of nitrogens with zero attached hydrogens (tertiary/aromatic N) is 1. The van der Waals surface area contributed by atoms with Crippen LogP contribution in [0.15, 0.2) is 0 Å². The number of hydrogen-bond acceptors (Lipinski definition) is 3. The Morgan fingerprint density at radius 1 is 1.45 bits per heavy atom. The van der Waals surface area contributed by atoms with Crippen molar-refractivity contribution in [2.24, 2.45) is 5.73 Å². The Hall–Kier alpha value is -0.220. The lowest BCUT2D eigenvalue weighted by molar-refractivity contribution is 0.324. The van der Waals surface area contributed by atoms with Crippen LogP contribution in [0.4, 0.5) is 0 Å². The zero-order valence-corrected chi connectivity index (χ0v) is 8.08. The minimum atomic E-state index is 0.220. The van der Waals surface area contributed by atoms with Gasteiger partial charge in [0.25, 0.3) is 0 Å². The first-order valence-electron chi connectivity index (χ1n) is 3.89. The standard InChI is InChI=1S/C7H17N3S/c1-3-10(4-2)5-6-11-7(8)9/h3-6H2,1-2H3,(H3,8,9). The van der Waals surface area contributed by atoms with E-state index in [4.69, 9.17) is 11.1 Å². The third-order valence-corrected chi connectivity index (χ3v) is 2.26. The molecule has 0 heterocycles. The molecule has 0 aliphatic carbocycles. The number of thioether (sulfide) groups is 1. The van der Waals surface area contributed by atoms with E-state index < -0.39 is 0 Å². The van der Waals surface area contributed by atoms with Crippen LogP contribution in [0.3, 0.4) is 0 Å². The summed E-state index contributed by atoms with van der Waals surface area (Å²) in [6.45, 7) is 7.46. The normalized spacial score (nSPS) is 10.5. The topological polar surface area (TPSA) is 53.1 Å². The molecule has 0 fully saturated rings. The quantitative estimate of drug-likeness (QED) is 0.483. The van der Waals surface area contributed by atoms with Crippen molar-refractivity contribution in [3.8, 4) is 0 Å². The van der Waals surface area contributed by atoms with Crippen LogP contribution >= 0.6 is 11.8 Å². The second-order valence-corrected chi connectivity index (χ2v) is 3.38. The Kier molecular flexibility index (Phi) is 6.36. The molecule has 0 aliphatic rings. The van der Waals surface area contributed by atoms with Crippen LogP contribution in [0, 0.1) is 5.41 Å². The monoisotopic (exact) mass is 175 g/mol. The Balaban J connectivity index is 3.28. The van der Waals surface area contributed by atoms with E-state index in [-0.39, 0.29) is 5.17 Å².